The molecule has 4 rings (SSSR count). The number of urea groups is 1. The number of carbonyl (C=O) groups excluding carboxylic acids is 2. The summed E-state index contributed by atoms with van der Waals surface area (Å²) in [7, 11) is 1.65. The first-order valence-corrected chi connectivity index (χ1v) is 12.5. The molecule has 0 atom stereocenters. The minimum atomic E-state index is -0.345. The van der Waals surface area contributed by atoms with Gasteiger partial charge in [0.2, 0.25) is 0 Å². The van der Waals surface area contributed by atoms with Gasteiger partial charge in [0.05, 0.1) is 5.56 Å². The van der Waals surface area contributed by atoms with Crippen molar-refractivity contribution >= 4 is 29.0 Å². The number of fused-ring (bicyclic) bond motifs is 1. The fraction of sp³-hybridized carbons (Fsp3) is 0.310. The zero-order chi connectivity index (χ0) is 25.3. The van der Waals surface area contributed by atoms with Gasteiger partial charge in [0.25, 0.3) is 5.91 Å². The van der Waals surface area contributed by atoms with Gasteiger partial charge in [0, 0.05) is 50.4 Å². The summed E-state index contributed by atoms with van der Waals surface area (Å²) in [4.78, 5) is 28.2. The van der Waals surface area contributed by atoms with E-state index in [1.54, 1.807) is 13.2 Å². The van der Waals surface area contributed by atoms with E-state index in [-0.39, 0.29) is 11.9 Å². The second-order valence-electron chi connectivity index (χ2n) is 8.86. The Labute approximate surface area is 212 Å². The van der Waals surface area contributed by atoms with Crippen molar-refractivity contribution in [1.29, 1.82) is 0 Å². The number of hydrogen-bond donors (Lipinski definition) is 3. The van der Waals surface area contributed by atoms with Gasteiger partial charge in [-0.25, -0.2) is 4.79 Å². The number of hydrogen-bond acceptors (Lipinski definition) is 4. The highest BCUT2D eigenvalue weighted by atomic mass is 16.5. The first-order chi connectivity index (χ1) is 17.6. The molecule has 0 saturated carbocycles. The van der Waals surface area contributed by atoms with Crippen molar-refractivity contribution in [2.75, 3.05) is 42.3 Å². The van der Waals surface area contributed by atoms with Crippen LogP contribution < -0.4 is 20.9 Å². The number of benzene rings is 3. The van der Waals surface area contributed by atoms with Crippen LogP contribution in [0.4, 0.5) is 21.9 Å². The van der Waals surface area contributed by atoms with Gasteiger partial charge in [-0.3, -0.25) is 4.79 Å². The van der Waals surface area contributed by atoms with Crippen molar-refractivity contribution in [3.8, 4) is 0 Å². The molecule has 0 fully saturated rings. The van der Waals surface area contributed by atoms with Crippen LogP contribution in [0.1, 0.15) is 40.4 Å². The number of para-hydroxylation sites is 1. The summed E-state index contributed by atoms with van der Waals surface area (Å²) in [5.74, 6) is -0.166. The first-order valence-electron chi connectivity index (χ1n) is 12.5. The molecule has 3 N–H and O–H groups in total. The molecule has 0 aliphatic carbocycles. The molecule has 0 spiro atoms. The van der Waals surface area contributed by atoms with E-state index in [0.29, 0.717) is 24.4 Å². The van der Waals surface area contributed by atoms with E-state index >= 15 is 0 Å². The van der Waals surface area contributed by atoms with Crippen LogP contribution in [0.3, 0.4) is 0 Å². The summed E-state index contributed by atoms with van der Waals surface area (Å²) >= 11 is 0. The quantitative estimate of drug-likeness (QED) is 0.362. The van der Waals surface area contributed by atoms with Crippen LogP contribution in [0.5, 0.6) is 0 Å². The number of nitrogens with one attached hydrogen (secondary N) is 3. The molecule has 1 aliphatic rings. The maximum absolute atomic E-state index is 13.2. The molecule has 188 valence electrons. The van der Waals surface area contributed by atoms with Crippen molar-refractivity contribution in [3.05, 3.63) is 89.0 Å². The smallest absolute Gasteiger partial charge is 0.323 e. The van der Waals surface area contributed by atoms with E-state index in [2.05, 4.69) is 39.0 Å². The number of aryl methyl sites for hydroxylation is 1. The summed E-state index contributed by atoms with van der Waals surface area (Å²) in [6, 6.07) is 21.3. The molecule has 3 amide bonds. The predicted molar refractivity (Wildman–Crippen MR) is 145 cm³/mol. The lowest BCUT2D eigenvalue weighted by atomic mass is 9.98. The predicted octanol–water partition coefficient (Wildman–Crippen LogP) is 5.22. The summed E-state index contributed by atoms with van der Waals surface area (Å²) in [6.07, 6.45) is 2.47. The number of nitrogens with zero attached hydrogens (tertiary/aromatic N) is 1. The van der Waals surface area contributed by atoms with E-state index in [9.17, 15) is 9.59 Å². The lowest BCUT2D eigenvalue weighted by Crippen LogP contribution is -2.33. The van der Waals surface area contributed by atoms with Crippen molar-refractivity contribution < 1.29 is 14.3 Å². The number of rotatable bonds is 9. The Morgan fingerprint density at radius 2 is 1.75 bits per heavy atom. The highest BCUT2D eigenvalue weighted by Crippen LogP contribution is 2.30. The van der Waals surface area contributed by atoms with Gasteiger partial charge < -0.3 is 25.6 Å². The maximum Gasteiger partial charge on any atom is 0.323 e. The highest BCUT2D eigenvalue weighted by Gasteiger charge is 2.22. The summed E-state index contributed by atoms with van der Waals surface area (Å²) in [5.41, 5.74) is 6.41. The van der Waals surface area contributed by atoms with Crippen LogP contribution in [0.25, 0.3) is 0 Å². The molecule has 3 aromatic rings. The molecule has 0 unspecified atom stereocenters. The number of ether oxygens (including phenoxy) is 1. The minimum absolute atomic E-state index is 0.166. The first kappa shape index (κ1) is 25.3. The Morgan fingerprint density at radius 1 is 0.972 bits per heavy atom. The van der Waals surface area contributed by atoms with E-state index in [1.165, 1.54) is 11.1 Å². The number of carbonyl (C=O) groups is 2. The second-order valence-corrected chi connectivity index (χ2v) is 8.86. The molecule has 3 aromatic carbocycles. The Bertz CT molecular complexity index is 1210. The summed E-state index contributed by atoms with van der Waals surface area (Å²) < 4.78 is 5.10. The Balaban J connectivity index is 1.54. The standard InChI is InChI=1S/C29H34N4O3/c1-3-21-9-6-7-12-26(21)32-29(35)31-24-13-14-27(25(19-24)28(34)30-16-8-18-36-2)33-17-15-22-10-4-5-11-23(22)20-33/h4-7,9-14,19H,3,8,15-18,20H2,1-2H3,(H,30,34)(H2,31,32,35). The third kappa shape index (κ3) is 6.23. The third-order valence-electron chi connectivity index (χ3n) is 6.43. The molecule has 0 radical (unpaired) electrons. The molecule has 0 aromatic heterocycles. The second kappa shape index (κ2) is 12.2. The molecular weight excluding hydrogens is 452 g/mol. The Kier molecular flexibility index (Phi) is 8.57. The number of methoxy groups -OCH3 is 1. The highest BCUT2D eigenvalue weighted by molar-refractivity contribution is 6.04. The van der Waals surface area contributed by atoms with Crippen LogP contribution >= 0.6 is 0 Å². The van der Waals surface area contributed by atoms with Crippen LogP contribution in [0.15, 0.2) is 66.7 Å². The average Bonchev–Trinajstić information content (AvgIpc) is 2.91. The molecule has 1 aliphatic heterocycles. The summed E-state index contributed by atoms with van der Waals surface area (Å²) in [6.45, 7) is 4.70. The van der Waals surface area contributed by atoms with E-state index in [0.717, 1.165) is 49.3 Å². The zero-order valence-corrected chi connectivity index (χ0v) is 21.0. The van der Waals surface area contributed by atoms with Crippen molar-refractivity contribution in [2.24, 2.45) is 0 Å². The van der Waals surface area contributed by atoms with Crippen LogP contribution in [-0.2, 0) is 24.1 Å². The fourth-order valence-electron chi connectivity index (χ4n) is 4.52. The Hall–Kier alpha value is -3.84. The van der Waals surface area contributed by atoms with Crippen LogP contribution in [0.2, 0.25) is 0 Å². The SMILES string of the molecule is CCc1ccccc1NC(=O)Nc1ccc(N2CCc3ccccc3C2)c(C(=O)NCCCOC)c1. The third-order valence-corrected chi connectivity index (χ3v) is 6.43. The van der Waals surface area contributed by atoms with Gasteiger partial charge in [-0.1, -0.05) is 49.4 Å². The Morgan fingerprint density at radius 3 is 2.56 bits per heavy atom. The topological polar surface area (TPSA) is 82.7 Å². The van der Waals surface area contributed by atoms with Crippen molar-refractivity contribution in [3.63, 3.8) is 0 Å². The largest absolute Gasteiger partial charge is 0.385 e. The van der Waals surface area contributed by atoms with Gasteiger partial charge in [-0.05, 0) is 60.2 Å². The minimum Gasteiger partial charge on any atom is -0.385 e. The molecule has 36 heavy (non-hydrogen) atoms. The lowest BCUT2D eigenvalue weighted by Gasteiger charge is -2.32. The van der Waals surface area contributed by atoms with Gasteiger partial charge in [-0.2, -0.15) is 0 Å². The van der Waals surface area contributed by atoms with E-state index in [4.69, 9.17) is 4.74 Å². The molecule has 7 nitrogen and oxygen atoms in total. The van der Waals surface area contributed by atoms with Gasteiger partial charge >= 0.3 is 6.03 Å². The molecular formula is C29H34N4O3. The maximum atomic E-state index is 13.2. The summed E-state index contributed by atoms with van der Waals surface area (Å²) in [5, 5.41) is 8.81. The number of amides is 3. The molecule has 1 heterocycles. The molecule has 0 bridgehead atoms. The van der Waals surface area contributed by atoms with Crippen LogP contribution in [0, 0.1) is 0 Å². The molecule has 0 saturated heterocycles. The molecule has 7 heteroatoms. The van der Waals surface area contributed by atoms with Crippen molar-refractivity contribution in [2.45, 2.75) is 32.7 Å². The number of anilines is 3. The average molecular weight is 487 g/mol. The van der Waals surface area contributed by atoms with E-state index in [1.807, 2.05) is 49.4 Å². The van der Waals surface area contributed by atoms with Gasteiger partial charge in [-0.15, -0.1) is 0 Å². The lowest BCUT2D eigenvalue weighted by molar-refractivity contribution is 0.0949. The van der Waals surface area contributed by atoms with Crippen molar-refractivity contribution in [1.82, 2.24) is 5.32 Å². The van der Waals surface area contributed by atoms with Crippen LogP contribution in [-0.4, -0.2) is 38.7 Å². The van der Waals surface area contributed by atoms with E-state index < -0.39 is 0 Å². The monoisotopic (exact) mass is 486 g/mol. The van der Waals surface area contributed by atoms with Gasteiger partial charge in [0.1, 0.15) is 0 Å². The fourth-order valence-corrected chi connectivity index (χ4v) is 4.52. The van der Waals surface area contributed by atoms with Gasteiger partial charge in [0.15, 0.2) is 0 Å². The zero-order valence-electron chi connectivity index (χ0n) is 21.0. The normalized spacial score (nSPS) is 12.6.